The summed E-state index contributed by atoms with van der Waals surface area (Å²) in [7, 11) is 0. The van der Waals surface area contributed by atoms with Gasteiger partial charge < -0.3 is 9.47 Å². The molecule has 5 heteroatoms. The van der Waals surface area contributed by atoms with Crippen LogP contribution in [0.1, 0.15) is 32.6 Å². The van der Waals surface area contributed by atoms with Gasteiger partial charge in [0.15, 0.2) is 0 Å². The molecule has 114 valence electrons. The summed E-state index contributed by atoms with van der Waals surface area (Å²) in [5.74, 6) is 2.99. The third kappa shape index (κ3) is 3.06. The smallest absolute Gasteiger partial charge is 0.150 e. The molecule has 1 spiro atoms. The van der Waals surface area contributed by atoms with E-state index in [1.807, 2.05) is 23.5 Å². The molecule has 0 amide bonds. The van der Waals surface area contributed by atoms with E-state index in [9.17, 15) is 4.79 Å². The molecule has 4 atom stereocenters. The minimum Gasteiger partial charge on any atom is -0.378 e. The van der Waals surface area contributed by atoms with Crippen LogP contribution in [0.3, 0.4) is 0 Å². The predicted molar refractivity (Wildman–Crippen MR) is 84.6 cm³/mol. The maximum absolute atomic E-state index is 12.9. The molecule has 3 heterocycles. The first-order valence-electron chi connectivity index (χ1n) is 7.73. The number of ketones is 1. The number of carbonyl (C=O) groups excluding carboxylic acids is 1. The number of carbonyl (C=O) groups is 1. The average Bonchev–Trinajstić information content (AvgIpc) is 2.94. The van der Waals surface area contributed by atoms with E-state index in [0.29, 0.717) is 17.6 Å². The molecule has 0 radical (unpaired) electrons. The summed E-state index contributed by atoms with van der Waals surface area (Å²) in [5.41, 5.74) is -0.146. The third-order valence-corrected chi connectivity index (χ3v) is 7.96. The van der Waals surface area contributed by atoms with E-state index < -0.39 is 0 Å². The van der Waals surface area contributed by atoms with Crippen LogP contribution in [0.5, 0.6) is 0 Å². The molecule has 3 aliphatic heterocycles. The first-order valence-corrected chi connectivity index (χ1v) is 9.82. The Bertz CT molecular complexity index is 355. The van der Waals surface area contributed by atoms with Crippen molar-refractivity contribution >= 4 is 29.3 Å². The minimum absolute atomic E-state index is 0.146. The number of ether oxygens (including phenoxy) is 2. The average molecular weight is 316 g/mol. The summed E-state index contributed by atoms with van der Waals surface area (Å²) in [4.78, 5) is 12.9. The number of rotatable bonds is 3. The Hall–Kier alpha value is 0.290. The van der Waals surface area contributed by atoms with Crippen molar-refractivity contribution in [3.63, 3.8) is 0 Å². The largest absolute Gasteiger partial charge is 0.378 e. The second-order valence-electron chi connectivity index (χ2n) is 6.04. The summed E-state index contributed by atoms with van der Waals surface area (Å²) in [6, 6.07) is 0. The molecule has 3 nitrogen and oxygen atoms in total. The molecule has 0 aromatic carbocycles. The lowest BCUT2D eigenvalue weighted by Gasteiger charge is -2.39. The quantitative estimate of drug-likeness (QED) is 0.800. The third-order valence-electron chi connectivity index (χ3n) is 4.70. The molecular weight excluding hydrogens is 292 g/mol. The molecule has 20 heavy (non-hydrogen) atoms. The molecule has 3 saturated heterocycles. The Balaban J connectivity index is 1.66. The van der Waals surface area contributed by atoms with Crippen LogP contribution in [-0.4, -0.2) is 53.2 Å². The van der Waals surface area contributed by atoms with Crippen molar-refractivity contribution in [2.24, 2.45) is 5.92 Å². The van der Waals surface area contributed by atoms with Crippen LogP contribution >= 0.6 is 23.5 Å². The fourth-order valence-electron chi connectivity index (χ4n) is 3.53. The molecule has 0 aromatic rings. The standard InChI is InChI=1S/C15H24O3S2/c1-2-12-14(20-8-7-19-12)13(16)11-3-5-18-15(9-11)4-6-17-10-15/h11-12,14H,2-10H2,1H3. The Morgan fingerprint density at radius 3 is 2.90 bits per heavy atom. The van der Waals surface area contributed by atoms with Crippen molar-refractivity contribution in [3.05, 3.63) is 0 Å². The van der Waals surface area contributed by atoms with Crippen LogP contribution in [-0.2, 0) is 14.3 Å². The highest BCUT2D eigenvalue weighted by molar-refractivity contribution is 8.07. The molecule has 0 bridgehead atoms. The molecular formula is C15H24O3S2. The highest BCUT2D eigenvalue weighted by atomic mass is 32.2. The molecule has 0 aliphatic carbocycles. The van der Waals surface area contributed by atoms with Gasteiger partial charge in [-0.15, -0.1) is 11.8 Å². The van der Waals surface area contributed by atoms with Gasteiger partial charge in [0.2, 0.25) is 0 Å². The molecule has 3 fully saturated rings. The summed E-state index contributed by atoms with van der Waals surface area (Å²) < 4.78 is 11.5. The van der Waals surface area contributed by atoms with Gasteiger partial charge >= 0.3 is 0 Å². The van der Waals surface area contributed by atoms with Crippen LogP contribution in [0.15, 0.2) is 0 Å². The monoisotopic (exact) mass is 316 g/mol. The van der Waals surface area contributed by atoms with E-state index in [-0.39, 0.29) is 16.8 Å². The van der Waals surface area contributed by atoms with Crippen LogP contribution in [0.25, 0.3) is 0 Å². The van der Waals surface area contributed by atoms with E-state index in [1.54, 1.807) is 0 Å². The van der Waals surface area contributed by atoms with Gasteiger partial charge in [-0.25, -0.2) is 0 Å². The van der Waals surface area contributed by atoms with Gasteiger partial charge in [0, 0.05) is 42.3 Å². The Morgan fingerprint density at radius 2 is 2.15 bits per heavy atom. The van der Waals surface area contributed by atoms with Crippen molar-refractivity contribution in [3.8, 4) is 0 Å². The van der Waals surface area contributed by atoms with Gasteiger partial charge in [-0.1, -0.05) is 6.92 Å². The topological polar surface area (TPSA) is 35.5 Å². The first-order chi connectivity index (χ1) is 9.74. The zero-order valence-electron chi connectivity index (χ0n) is 12.1. The normalized spacial score (nSPS) is 42.0. The van der Waals surface area contributed by atoms with E-state index >= 15 is 0 Å². The lowest BCUT2D eigenvalue weighted by atomic mass is 9.81. The maximum atomic E-state index is 12.9. The lowest BCUT2D eigenvalue weighted by molar-refractivity contribution is -0.136. The molecule has 3 rings (SSSR count). The Labute approximate surface area is 129 Å². The van der Waals surface area contributed by atoms with E-state index in [2.05, 4.69) is 6.92 Å². The van der Waals surface area contributed by atoms with Gasteiger partial charge in [-0.05, 0) is 19.3 Å². The second kappa shape index (κ2) is 6.59. The SMILES string of the molecule is CCC1SCCSC1C(=O)C1CCOC2(CCOC2)C1. The maximum Gasteiger partial charge on any atom is 0.150 e. The van der Waals surface area contributed by atoms with Crippen molar-refractivity contribution in [1.29, 1.82) is 0 Å². The van der Waals surface area contributed by atoms with Crippen molar-refractivity contribution in [1.82, 2.24) is 0 Å². The summed E-state index contributed by atoms with van der Waals surface area (Å²) in [6.07, 6.45) is 3.84. The molecule has 4 unspecified atom stereocenters. The zero-order valence-corrected chi connectivity index (χ0v) is 13.8. The molecule has 0 saturated carbocycles. The van der Waals surface area contributed by atoms with E-state index in [4.69, 9.17) is 9.47 Å². The number of hydrogen-bond acceptors (Lipinski definition) is 5. The highest BCUT2D eigenvalue weighted by Gasteiger charge is 2.45. The summed E-state index contributed by atoms with van der Waals surface area (Å²) in [5, 5.41) is 0.723. The number of thioether (sulfide) groups is 2. The fraction of sp³-hybridized carbons (Fsp3) is 0.933. The van der Waals surface area contributed by atoms with Crippen molar-refractivity contribution < 1.29 is 14.3 Å². The van der Waals surface area contributed by atoms with Gasteiger partial charge in [-0.3, -0.25) is 4.79 Å². The Morgan fingerprint density at radius 1 is 1.30 bits per heavy atom. The Kier molecular flexibility index (Phi) is 5.01. The first kappa shape index (κ1) is 15.2. The number of hydrogen-bond donors (Lipinski definition) is 0. The highest BCUT2D eigenvalue weighted by Crippen LogP contribution is 2.40. The second-order valence-corrected chi connectivity index (χ2v) is 8.63. The van der Waals surface area contributed by atoms with Crippen LogP contribution in [0.2, 0.25) is 0 Å². The van der Waals surface area contributed by atoms with Crippen molar-refractivity contribution in [2.75, 3.05) is 31.3 Å². The van der Waals surface area contributed by atoms with Gasteiger partial charge in [0.1, 0.15) is 5.78 Å². The molecule has 0 N–H and O–H groups in total. The van der Waals surface area contributed by atoms with Crippen LogP contribution in [0.4, 0.5) is 0 Å². The fourth-order valence-corrected chi connectivity index (χ4v) is 6.64. The minimum atomic E-state index is -0.146. The zero-order chi connectivity index (χ0) is 14.0. The van der Waals surface area contributed by atoms with Crippen molar-refractivity contribution in [2.45, 2.75) is 48.7 Å². The number of Topliss-reactive ketones (excluding diaryl/α,β-unsaturated/α-hetero) is 1. The predicted octanol–water partition coefficient (Wildman–Crippen LogP) is 2.77. The lowest BCUT2D eigenvalue weighted by Crippen LogP contribution is -2.46. The van der Waals surface area contributed by atoms with Gasteiger partial charge in [0.25, 0.3) is 0 Å². The van der Waals surface area contributed by atoms with Gasteiger partial charge in [0.05, 0.1) is 17.5 Å². The van der Waals surface area contributed by atoms with Crippen LogP contribution < -0.4 is 0 Å². The summed E-state index contributed by atoms with van der Waals surface area (Å²) in [6.45, 7) is 4.40. The molecule has 0 aromatic heterocycles. The van der Waals surface area contributed by atoms with E-state index in [0.717, 1.165) is 44.6 Å². The van der Waals surface area contributed by atoms with E-state index in [1.165, 1.54) is 5.75 Å². The molecule has 3 aliphatic rings. The van der Waals surface area contributed by atoms with Gasteiger partial charge in [-0.2, -0.15) is 11.8 Å². The van der Waals surface area contributed by atoms with Crippen LogP contribution in [0, 0.1) is 5.92 Å². The summed E-state index contributed by atoms with van der Waals surface area (Å²) >= 11 is 3.88.